The van der Waals surface area contributed by atoms with Crippen LogP contribution in [0.1, 0.15) is 33.0 Å². The zero-order valence-corrected chi connectivity index (χ0v) is 15.5. The van der Waals surface area contributed by atoms with E-state index in [1.807, 2.05) is 48.5 Å². The van der Waals surface area contributed by atoms with Crippen molar-refractivity contribution in [2.24, 2.45) is 0 Å². The molecule has 3 aromatic rings. The van der Waals surface area contributed by atoms with Crippen molar-refractivity contribution in [1.82, 2.24) is 0 Å². The lowest BCUT2D eigenvalue weighted by molar-refractivity contribution is 0.103. The Hall–Kier alpha value is -2.43. The summed E-state index contributed by atoms with van der Waals surface area (Å²) in [4.78, 5) is 12.5. The van der Waals surface area contributed by atoms with E-state index in [4.69, 9.17) is 10.7 Å². The SMILES string of the molecule is O=C(c1ccccc1)c1ccc(C(CS(=O)(=O)Cl)c2ccccc2)cc1. The summed E-state index contributed by atoms with van der Waals surface area (Å²) in [6.45, 7) is 0. The highest BCUT2D eigenvalue weighted by Crippen LogP contribution is 2.28. The van der Waals surface area contributed by atoms with Gasteiger partial charge < -0.3 is 0 Å². The van der Waals surface area contributed by atoms with Crippen LogP contribution in [0.2, 0.25) is 0 Å². The predicted octanol–water partition coefficient (Wildman–Crippen LogP) is 4.62. The first-order valence-corrected chi connectivity index (χ1v) is 10.6. The summed E-state index contributed by atoms with van der Waals surface area (Å²) in [7, 11) is 1.82. The number of rotatable bonds is 6. The van der Waals surface area contributed by atoms with Crippen LogP contribution in [0.5, 0.6) is 0 Å². The molecular formula is C21H17ClO3S. The zero-order chi connectivity index (χ0) is 18.6. The first-order valence-electron chi connectivity index (χ1n) is 8.11. The Morgan fingerprint density at radius 3 is 1.73 bits per heavy atom. The van der Waals surface area contributed by atoms with Crippen molar-refractivity contribution >= 4 is 25.5 Å². The molecule has 0 aliphatic rings. The highest BCUT2D eigenvalue weighted by molar-refractivity contribution is 8.13. The standard InChI is InChI=1S/C21H17ClO3S/c22-26(24,25)15-20(16-7-3-1-4-8-16)17-11-13-19(14-12-17)21(23)18-9-5-2-6-10-18/h1-14,20H,15H2. The van der Waals surface area contributed by atoms with Crippen LogP contribution >= 0.6 is 10.7 Å². The minimum Gasteiger partial charge on any atom is -0.289 e. The van der Waals surface area contributed by atoms with E-state index in [9.17, 15) is 13.2 Å². The third-order valence-electron chi connectivity index (χ3n) is 4.18. The summed E-state index contributed by atoms with van der Waals surface area (Å²) in [5, 5.41) is 0. The van der Waals surface area contributed by atoms with Gasteiger partial charge in [0.25, 0.3) is 0 Å². The van der Waals surface area contributed by atoms with Gasteiger partial charge in [0.2, 0.25) is 9.05 Å². The highest BCUT2D eigenvalue weighted by atomic mass is 35.7. The van der Waals surface area contributed by atoms with Crippen molar-refractivity contribution in [3.05, 3.63) is 107 Å². The molecule has 132 valence electrons. The number of ketones is 1. The Kier molecular flexibility index (Phi) is 5.55. The van der Waals surface area contributed by atoms with E-state index in [0.29, 0.717) is 11.1 Å². The van der Waals surface area contributed by atoms with Crippen LogP contribution in [0.4, 0.5) is 0 Å². The highest BCUT2D eigenvalue weighted by Gasteiger charge is 2.21. The van der Waals surface area contributed by atoms with Crippen LogP contribution in [0.15, 0.2) is 84.9 Å². The Bertz CT molecular complexity index is 982. The second-order valence-electron chi connectivity index (χ2n) is 5.99. The molecule has 0 N–H and O–H groups in total. The molecule has 3 aromatic carbocycles. The second-order valence-corrected chi connectivity index (χ2v) is 8.81. The van der Waals surface area contributed by atoms with Gasteiger partial charge in [0, 0.05) is 27.7 Å². The molecule has 0 saturated carbocycles. The molecule has 5 heteroatoms. The maximum atomic E-state index is 12.5. The Morgan fingerprint density at radius 2 is 1.19 bits per heavy atom. The summed E-state index contributed by atoms with van der Waals surface area (Å²) in [5.74, 6) is -0.664. The molecule has 3 nitrogen and oxygen atoms in total. The molecule has 3 rings (SSSR count). The maximum absolute atomic E-state index is 12.5. The normalized spacial score (nSPS) is 12.5. The van der Waals surface area contributed by atoms with Crippen LogP contribution in [0.25, 0.3) is 0 Å². The summed E-state index contributed by atoms with van der Waals surface area (Å²) in [5.41, 5.74) is 2.83. The molecule has 0 saturated heterocycles. The molecular weight excluding hydrogens is 368 g/mol. The van der Waals surface area contributed by atoms with E-state index in [-0.39, 0.29) is 17.5 Å². The molecule has 0 amide bonds. The van der Waals surface area contributed by atoms with Gasteiger partial charge in [-0.25, -0.2) is 8.42 Å². The van der Waals surface area contributed by atoms with Gasteiger partial charge in [-0.2, -0.15) is 0 Å². The fourth-order valence-corrected chi connectivity index (χ4v) is 4.05. The third-order valence-corrected chi connectivity index (χ3v) is 5.29. The van der Waals surface area contributed by atoms with Gasteiger partial charge in [0.15, 0.2) is 5.78 Å². The average Bonchev–Trinajstić information content (AvgIpc) is 2.66. The van der Waals surface area contributed by atoms with Gasteiger partial charge in [-0.3, -0.25) is 4.79 Å². The average molecular weight is 385 g/mol. The number of hydrogen-bond donors (Lipinski definition) is 0. The first kappa shape index (κ1) is 18.4. The number of hydrogen-bond acceptors (Lipinski definition) is 3. The van der Waals surface area contributed by atoms with Crippen LogP contribution in [0, 0.1) is 0 Å². The molecule has 0 spiro atoms. The van der Waals surface area contributed by atoms with E-state index >= 15 is 0 Å². The zero-order valence-electron chi connectivity index (χ0n) is 13.9. The Morgan fingerprint density at radius 1 is 0.731 bits per heavy atom. The van der Waals surface area contributed by atoms with E-state index in [1.165, 1.54) is 0 Å². The topological polar surface area (TPSA) is 51.2 Å². The third kappa shape index (κ3) is 4.59. The molecule has 0 heterocycles. The number of benzene rings is 3. The molecule has 0 bridgehead atoms. The van der Waals surface area contributed by atoms with Crippen molar-refractivity contribution in [2.75, 3.05) is 5.75 Å². The number of halogens is 1. The molecule has 0 aliphatic carbocycles. The quantitative estimate of drug-likeness (QED) is 0.460. The molecule has 1 atom stereocenters. The maximum Gasteiger partial charge on any atom is 0.233 e. The van der Waals surface area contributed by atoms with Gasteiger partial charge in [-0.05, 0) is 11.1 Å². The minimum atomic E-state index is -3.68. The lowest BCUT2D eigenvalue weighted by Crippen LogP contribution is -2.12. The van der Waals surface area contributed by atoms with Crippen molar-refractivity contribution in [2.45, 2.75) is 5.92 Å². The van der Waals surface area contributed by atoms with Crippen molar-refractivity contribution in [1.29, 1.82) is 0 Å². The summed E-state index contributed by atoms with van der Waals surface area (Å²) in [6.07, 6.45) is 0. The monoisotopic (exact) mass is 384 g/mol. The number of carbonyl (C=O) groups is 1. The van der Waals surface area contributed by atoms with Crippen LogP contribution < -0.4 is 0 Å². The predicted molar refractivity (Wildman–Crippen MR) is 104 cm³/mol. The van der Waals surface area contributed by atoms with Gasteiger partial charge in [-0.1, -0.05) is 84.9 Å². The van der Waals surface area contributed by atoms with Gasteiger partial charge >= 0.3 is 0 Å². The van der Waals surface area contributed by atoms with Crippen molar-refractivity contribution < 1.29 is 13.2 Å². The Balaban J connectivity index is 1.92. The van der Waals surface area contributed by atoms with E-state index < -0.39 is 9.05 Å². The molecule has 1 unspecified atom stereocenters. The lowest BCUT2D eigenvalue weighted by atomic mass is 9.91. The van der Waals surface area contributed by atoms with Crippen molar-refractivity contribution in [3.8, 4) is 0 Å². The summed E-state index contributed by atoms with van der Waals surface area (Å²) >= 11 is 0. The second kappa shape index (κ2) is 7.85. The number of carbonyl (C=O) groups excluding carboxylic acids is 1. The van der Waals surface area contributed by atoms with Crippen LogP contribution in [-0.2, 0) is 9.05 Å². The Labute approximate surface area is 157 Å². The fraction of sp³-hybridized carbons (Fsp3) is 0.0952. The van der Waals surface area contributed by atoms with Crippen molar-refractivity contribution in [3.63, 3.8) is 0 Å². The van der Waals surface area contributed by atoms with Gasteiger partial charge in [-0.15, -0.1) is 0 Å². The molecule has 26 heavy (non-hydrogen) atoms. The van der Waals surface area contributed by atoms with Gasteiger partial charge in [0.1, 0.15) is 0 Å². The molecule has 0 aromatic heterocycles. The first-order chi connectivity index (χ1) is 12.4. The molecule has 0 fully saturated rings. The lowest BCUT2D eigenvalue weighted by Gasteiger charge is -2.17. The van der Waals surface area contributed by atoms with E-state index in [1.54, 1.807) is 36.4 Å². The molecule has 0 radical (unpaired) electrons. The summed E-state index contributed by atoms with van der Waals surface area (Å²) < 4.78 is 23.3. The summed E-state index contributed by atoms with van der Waals surface area (Å²) in [6, 6.07) is 25.4. The van der Waals surface area contributed by atoms with E-state index in [0.717, 1.165) is 11.1 Å². The van der Waals surface area contributed by atoms with E-state index in [2.05, 4.69) is 0 Å². The smallest absolute Gasteiger partial charge is 0.233 e. The fourth-order valence-electron chi connectivity index (χ4n) is 2.89. The largest absolute Gasteiger partial charge is 0.289 e. The molecule has 0 aliphatic heterocycles. The minimum absolute atomic E-state index is 0.0709. The van der Waals surface area contributed by atoms with Crippen LogP contribution in [0.3, 0.4) is 0 Å². The van der Waals surface area contributed by atoms with Gasteiger partial charge in [0.05, 0.1) is 5.75 Å². The van der Waals surface area contributed by atoms with Crippen LogP contribution in [-0.4, -0.2) is 20.0 Å².